The number of aliphatic imine (C=N–C) groups is 1. The fourth-order valence-corrected chi connectivity index (χ4v) is 6.97. The Morgan fingerprint density at radius 3 is 2.67 bits per heavy atom. The van der Waals surface area contributed by atoms with E-state index >= 15 is 0 Å². The average Bonchev–Trinajstić information content (AvgIpc) is 3.32. The molecule has 0 aromatic rings. The summed E-state index contributed by atoms with van der Waals surface area (Å²) in [7, 11) is 0. The molecule has 2 aliphatic heterocycles. The number of alkyl halides is 2. The van der Waals surface area contributed by atoms with Crippen LogP contribution in [0, 0.1) is 35.5 Å². The van der Waals surface area contributed by atoms with Crippen LogP contribution in [0.3, 0.4) is 0 Å². The zero-order chi connectivity index (χ0) is 23.4. The second-order valence-electron chi connectivity index (χ2n) is 11.1. The average molecular weight is 484 g/mol. The molecule has 4 rings (SSSR count). The summed E-state index contributed by atoms with van der Waals surface area (Å²) in [5.74, 6) is 3.47. The lowest BCUT2D eigenvalue weighted by molar-refractivity contribution is -0.128. The van der Waals surface area contributed by atoms with E-state index in [9.17, 15) is 9.18 Å². The molecule has 4 aliphatic rings. The molecule has 3 fully saturated rings. The highest BCUT2D eigenvalue weighted by atomic mass is 35.5. The van der Waals surface area contributed by atoms with Crippen LogP contribution in [0.4, 0.5) is 4.39 Å². The SMILES string of the molecule is CC1CC(CNC(=O)C2CC(CNC3=NCCN3)CC(C3CCC(F)NC3C)C2)CCC1Cl. The number of amides is 1. The van der Waals surface area contributed by atoms with Crippen molar-refractivity contribution < 1.29 is 9.18 Å². The molecular weight excluding hydrogens is 441 g/mol. The Bertz CT molecular complexity index is 694. The minimum Gasteiger partial charge on any atom is -0.356 e. The van der Waals surface area contributed by atoms with Crippen LogP contribution < -0.4 is 21.3 Å². The van der Waals surface area contributed by atoms with Crippen LogP contribution in [0.1, 0.15) is 65.2 Å². The van der Waals surface area contributed by atoms with E-state index in [0.717, 1.165) is 77.1 Å². The third-order valence-electron chi connectivity index (χ3n) is 8.63. The van der Waals surface area contributed by atoms with Gasteiger partial charge in [-0.25, -0.2) is 4.39 Å². The third-order valence-corrected chi connectivity index (χ3v) is 9.28. The minimum absolute atomic E-state index is 0.0334. The third kappa shape index (κ3) is 6.74. The number of hydrogen-bond acceptors (Lipinski definition) is 5. The molecule has 2 saturated carbocycles. The van der Waals surface area contributed by atoms with Crippen molar-refractivity contribution in [3.8, 4) is 0 Å². The van der Waals surface area contributed by atoms with Crippen LogP contribution in [0.15, 0.2) is 4.99 Å². The van der Waals surface area contributed by atoms with Crippen molar-refractivity contribution in [2.45, 2.75) is 82.9 Å². The number of piperidine rings is 1. The molecule has 1 amide bonds. The van der Waals surface area contributed by atoms with E-state index in [2.05, 4.69) is 40.1 Å². The molecule has 4 N–H and O–H groups in total. The van der Waals surface area contributed by atoms with Crippen LogP contribution >= 0.6 is 11.6 Å². The molecule has 0 aromatic heterocycles. The zero-order valence-electron chi connectivity index (χ0n) is 20.3. The lowest BCUT2D eigenvalue weighted by Gasteiger charge is -2.43. The van der Waals surface area contributed by atoms with Crippen molar-refractivity contribution in [1.82, 2.24) is 21.3 Å². The predicted molar refractivity (Wildman–Crippen MR) is 132 cm³/mol. The summed E-state index contributed by atoms with van der Waals surface area (Å²) < 4.78 is 13.9. The summed E-state index contributed by atoms with van der Waals surface area (Å²) in [5, 5.41) is 13.4. The number of guanidine groups is 1. The molecular formula is C25H43ClFN5O. The lowest BCUT2D eigenvalue weighted by Crippen LogP contribution is -2.49. The molecule has 0 radical (unpaired) electrons. The number of carbonyl (C=O) groups excluding carboxylic acids is 1. The van der Waals surface area contributed by atoms with E-state index in [1.807, 2.05) is 0 Å². The maximum absolute atomic E-state index is 13.9. The van der Waals surface area contributed by atoms with E-state index in [1.165, 1.54) is 0 Å². The standard InChI is InChI=1S/C25H43ClFN5O/c1-15-9-17(3-5-22(15)26)13-30-24(33)20-11-18(14-31-25-28-7-8-29-25)10-19(12-20)21-4-6-23(27)32-16(21)2/h15-23,32H,3-14H2,1-2H3,(H,30,33)(H2,28,29,31). The first-order valence-electron chi connectivity index (χ1n) is 13.2. The summed E-state index contributed by atoms with van der Waals surface area (Å²) in [6.07, 6.45) is 6.75. The Kier molecular flexibility index (Phi) is 8.77. The van der Waals surface area contributed by atoms with Gasteiger partial charge in [0.25, 0.3) is 0 Å². The van der Waals surface area contributed by atoms with Gasteiger partial charge in [-0.1, -0.05) is 6.92 Å². The van der Waals surface area contributed by atoms with E-state index in [0.29, 0.717) is 36.0 Å². The van der Waals surface area contributed by atoms with Crippen molar-refractivity contribution in [1.29, 1.82) is 0 Å². The zero-order valence-corrected chi connectivity index (χ0v) is 21.0. The first kappa shape index (κ1) is 25.0. The van der Waals surface area contributed by atoms with Crippen LogP contribution in [0.5, 0.6) is 0 Å². The van der Waals surface area contributed by atoms with Crippen LogP contribution in [-0.4, -0.2) is 55.8 Å². The van der Waals surface area contributed by atoms with Gasteiger partial charge < -0.3 is 16.0 Å². The van der Waals surface area contributed by atoms with Crippen LogP contribution in [0.2, 0.25) is 0 Å². The normalized spacial score (nSPS) is 41.7. The van der Waals surface area contributed by atoms with E-state index in [4.69, 9.17) is 11.6 Å². The highest BCUT2D eigenvalue weighted by Gasteiger charge is 2.40. The van der Waals surface area contributed by atoms with Gasteiger partial charge in [-0.15, -0.1) is 11.6 Å². The van der Waals surface area contributed by atoms with Crippen molar-refractivity contribution >= 4 is 23.5 Å². The Morgan fingerprint density at radius 1 is 1.09 bits per heavy atom. The molecule has 2 aliphatic carbocycles. The monoisotopic (exact) mass is 483 g/mol. The fourth-order valence-electron chi connectivity index (χ4n) is 6.74. The summed E-state index contributed by atoms with van der Waals surface area (Å²) in [6.45, 7) is 7.64. The second kappa shape index (κ2) is 11.6. The van der Waals surface area contributed by atoms with Gasteiger partial charge in [-0.2, -0.15) is 0 Å². The summed E-state index contributed by atoms with van der Waals surface area (Å²) in [4.78, 5) is 17.7. The quantitative estimate of drug-likeness (QED) is 0.345. The number of nitrogens with zero attached hydrogens (tertiary/aromatic N) is 1. The van der Waals surface area contributed by atoms with E-state index in [1.54, 1.807) is 0 Å². The minimum atomic E-state index is -0.895. The maximum atomic E-state index is 13.9. The predicted octanol–water partition coefficient (Wildman–Crippen LogP) is 3.41. The van der Waals surface area contributed by atoms with Crippen LogP contribution in [0.25, 0.3) is 0 Å². The Morgan fingerprint density at radius 2 is 1.94 bits per heavy atom. The van der Waals surface area contributed by atoms with Gasteiger partial charge in [0.15, 0.2) is 12.3 Å². The molecule has 188 valence electrons. The molecule has 0 bridgehead atoms. The number of rotatable bonds is 6. The van der Waals surface area contributed by atoms with Gasteiger partial charge in [0.05, 0.1) is 6.54 Å². The Balaban J connectivity index is 1.35. The van der Waals surface area contributed by atoms with Crippen LogP contribution in [-0.2, 0) is 4.79 Å². The molecule has 6 nitrogen and oxygen atoms in total. The Labute approximate surface area is 203 Å². The molecule has 2 heterocycles. The van der Waals surface area contributed by atoms with E-state index in [-0.39, 0.29) is 23.2 Å². The second-order valence-corrected chi connectivity index (χ2v) is 11.7. The molecule has 0 spiro atoms. The maximum Gasteiger partial charge on any atom is 0.223 e. The summed E-state index contributed by atoms with van der Waals surface area (Å²) >= 11 is 6.39. The molecule has 8 heteroatoms. The van der Waals surface area contributed by atoms with Crippen molar-refractivity contribution in [2.24, 2.45) is 40.5 Å². The van der Waals surface area contributed by atoms with Gasteiger partial charge in [0, 0.05) is 37.0 Å². The van der Waals surface area contributed by atoms with Gasteiger partial charge in [0.2, 0.25) is 5.91 Å². The largest absolute Gasteiger partial charge is 0.356 e. The summed E-state index contributed by atoms with van der Waals surface area (Å²) in [6, 6.07) is 0.155. The molecule has 0 aromatic carbocycles. The molecule has 1 saturated heterocycles. The number of hydrogen-bond donors (Lipinski definition) is 4. The number of carbonyl (C=O) groups is 1. The smallest absolute Gasteiger partial charge is 0.223 e. The van der Waals surface area contributed by atoms with Gasteiger partial charge in [-0.3, -0.25) is 15.1 Å². The van der Waals surface area contributed by atoms with Crippen molar-refractivity contribution in [3.05, 3.63) is 0 Å². The molecule has 9 unspecified atom stereocenters. The van der Waals surface area contributed by atoms with E-state index < -0.39 is 6.30 Å². The van der Waals surface area contributed by atoms with Crippen molar-refractivity contribution in [3.63, 3.8) is 0 Å². The first-order valence-corrected chi connectivity index (χ1v) is 13.7. The van der Waals surface area contributed by atoms with Gasteiger partial charge >= 0.3 is 0 Å². The highest BCUT2D eigenvalue weighted by Crippen LogP contribution is 2.42. The number of halogens is 2. The fraction of sp³-hybridized carbons (Fsp3) is 0.920. The topological polar surface area (TPSA) is 77.5 Å². The lowest BCUT2D eigenvalue weighted by atomic mass is 9.66. The molecule has 33 heavy (non-hydrogen) atoms. The molecule has 9 atom stereocenters. The number of nitrogens with one attached hydrogen (secondary N) is 4. The summed E-state index contributed by atoms with van der Waals surface area (Å²) in [5.41, 5.74) is 0. The Hall–Kier alpha value is -1.08. The highest BCUT2D eigenvalue weighted by molar-refractivity contribution is 6.20. The first-order chi connectivity index (χ1) is 15.9. The van der Waals surface area contributed by atoms with Gasteiger partial charge in [0.1, 0.15) is 0 Å². The van der Waals surface area contributed by atoms with Gasteiger partial charge in [-0.05, 0) is 87.9 Å². The van der Waals surface area contributed by atoms with Crippen molar-refractivity contribution in [2.75, 3.05) is 26.2 Å².